The van der Waals surface area contributed by atoms with Gasteiger partial charge < -0.3 is 5.73 Å². The number of benzene rings is 1. The molecule has 2 aromatic rings. The first kappa shape index (κ1) is 17.5. The van der Waals surface area contributed by atoms with Crippen LogP contribution in [0.2, 0.25) is 15.2 Å². The zero-order chi connectivity index (χ0) is 17.1. The summed E-state index contributed by atoms with van der Waals surface area (Å²) in [7, 11) is 0. The highest BCUT2D eigenvalue weighted by Gasteiger charge is 2.19. The fourth-order valence-corrected chi connectivity index (χ4v) is 2.46. The SMILES string of the molecule is Cc1ccc(/C=N\NC(=O)c2nc(Cl)c(Cl)c(N)c2Cl)c(C)c1. The zero-order valence-electron chi connectivity index (χ0n) is 12.3. The molecule has 0 saturated carbocycles. The number of nitrogen functional groups attached to an aromatic ring is 1. The van der Waals surface area contributed by atoms with Gasteiger partial charge in [0.2, 0.25) is 0 Å². The van der Waals surface area contributed by atoms with Crippen LogP contribution < -0.4 is 11.2 Å². The van der Waals surface area contributed by atoms with E-state index in [0.717, 1.165) is 16.7 Å². The van der Waals surface area contributed by atoms with Gasteiger partial charge in [0.1, 0.15) is 5.02 Å². The maximum Gasteiger partial charge on any atom is 0.291 e. The molecule has 1 aromatic carbocycles. The number of nitrogens with two attached hydrogens (primary N) is 1. The smallest absolute Gasteiger partial charge is 0.291 e. The first-order valence-corrected chi connectivity index (χ1v) is 7.65. The monoisotopic (exact) mass is 370 g/mol. The number of pyridine rings is 1. The average molecular weight is 372 g/mol. The molecule has 1 aromatic heterocycles. The van der Waals surface area contributed by atoms with Gasteiger partial charge in [0.15, 0.2) is 10.8 Å². The Hall–Kier alpha value is -1.82. The summed E-state index contributed by atoms with van der Waals surface area (Å²) in [6, 6.07) is 5.87. The minimum Gasteiger partial charge on any atom is -0.396 e. The molecule has 8 heteroatoms. The van der Waals surface area contributed by atoms with Gasteiger partial charge in [-0.3, -0.25) is 4.79 Å². The molecule has 0 fully saturated rings. The molecule has 1 amide bonds. The summed E-state index contributed by atoms with van der Waals surface area (Å²) in [5, 5.41) is 3.73. The van der Waals surface area contributed by atoms with Gasteiger partial charge in [-0.15, -0.1) is 0 Å². The van der Waals surface area contributed by atoms with Crippen LogP contribution in [0.4, 0.5) is 5.69 Å². The average Bonchev–Trinajstić information content (AvgIpc) is 2.50. The fourth-order valence-electron chi connectivity index (χ4n) is 1.87. The number of carbonyl (C=O) groups is 1. The molecule has 0 aliphatic carbocycles. The van der Waals surface area contributed by atoms with E-state index >= 15 is 0 Å². The third-order valence-electron chi connectivity index (χ3n) is 3.08. The van der Waals surface area contributed by atoms with Gasteiger partial charge in [-0.05, 0) is 25.0 Å². The van der Waals surface area contributed by atoms with Crippen LogP contribution in [-0.4, -0.2) is 17.1 Å². The second kappa shape index (κ2) is 7.17. The first-order chi connectivity index (χ1) is 10.8. The zero-order valence-corrected chi connectivity index (χ0v) is 14.6. The number of aryl methyl sites for hydroxylation is 2. The van der Waals surface area contributed by atoms with Crippen LogP contribution in [0.1, 0.15) is 27.2 Å². The number of rotatable bonds is 3. The lowest BCUT2D eigenvalue weighted by Crippen LogP contribution is -2.20. The molecule has 23 heavy (non-hydrogen) atoms. The molecule has 0 aliphatic heterocycles. The van der Waals surface area contributed by atoms with E-state index in [4.69, 9.17) is 40.5 Å². The van der Waals surface area contributed by atoms with Crippen molar-refractivity contribution in [1.82, 2.24) is 10.4 Å². The first-order valence-electron chi connectivity index (χ1n) is 6.52. The van der Waals surface area contributed by atoms with Gasteiger partial charge in [0, 0.05) is 0 Å². The van der Waals surface area contributed by atoms with Crippen molar-refractivity contribution < 1.29 is 4.79 Å². The summed E-state index contributed by atoms with van der Waals surface area (Å²) >= 11 is 17.6. The van der Waals surface area contributed by atoms with Crippen LogP contribution in [0.5, 0.6) is 0 Å². The molecule has 3 N–H and O–H groups in total. The Balaban J connectivity index is 2.18. The summed E-state index contributed by atoms with van der Waals surface area (Å²) in [4.78, 5) is 15.9. The maximum atomic E-state index is 12.1. The Morgan fingerprint density at radius 3 is 2.61 bits per heavy atom. The molecule has 0 unspecified atom stereocenters. The van der Waals surface area contributed by atoms with Crippen molar-refractivity contribution in [3.05, 3.63) is 55.8 Å². The highest BCUT2D eigenvalue weighted by atomic mass is 35.5. The molecule has 2 rings (SSSR count). The van der Waals surface area contributed by atoms with Gasteiger partial charge >= 0.3 is 0 Å². The van der Waals surface area contributed by atoms with Crippen molar-refractivity contribution in [1.29, 1.82) is 0 Å². The lowest BCUT2D eigenvalue weighted by atomic mass is 10.1. The van der Waals surface area contributed by atoms with Crippen molar-refractivity contribution in [2.24, 2.45) is 5.10 Å². The molecule has 1 heterocycles. The van der Waals surface area contributed by atoms with E-state index in [1.165, 1.54) is 6.21 Å². The second-order valence-electron chi connectivity index (χ2n) is 4.85. The number of aromatic nitrogens is 1. The van der Waals surface area contributed by atoms with E-state index in [9.17, 15) is 4.79 Å². The van der Waals surface area contributed by atoms with Gasteiger partial charge in [0.25, 0.3) is 5.91 Å². The third kappa shape index (κ3) is 3.93. The van der Waals surface area contributed by atoms with Crippen LogP contribution in [0.25, 0.3) is 0 Å². The third-order valence-corrected chi connectivity index (χ3v) is 4.22. The number of halogens is 3. The summed E-state index contributed by atoms with van der Waals surface area (Å²) in [5.74, 6) is -0.638. The maximum absolute atomic E-state index is 12.1. The van der Waals surface area contributed by atoms with Crippen molar-refractivity contribution in [2.45, 2.75) is 13.8 Å². The predicted molar refractivity (Wildman–Crippen MR) is 94.7 cm³/mol. The lowest BCUT2D eigenvalue weighted by Gasteiger charge is -2.07. The van der Waals surface area contributed by atoms with Crippen LogP contribution in [0.3, 0.4) is 0 Å². The van der Waals surface area contributed by atoms with Gasteiger partial charge in [-0.1, -0.05) is 58.6 Å². The molecule has 5 nitrogen and oxygen atoms in total. The second-order valence-corrected chi connectivity index (χ2v) is 5.97. The van der Waals surface area contributed by atoms with Crippen LogP contribution in [0.15, 0.2) is 23.3 Å². The van der Waals surface area contributed by atoms with E-state index in [1.807, 2.05) is 32.0 Å². The highest BCUT2D eigenvalue weighted by Crippen LogP contribution is 2.34. The van der Waals surface area contributed by atoms with Crippen LogP contribution >= 0.6 is 34.8 Å². The van der Waals surface area contributed by atoms with E-state index < -0.39 is 5.91 Å². The Bertz CT molecular complexity index is 806. The Labute approximate surface area is 148 Å². The molecule has 0 bridgehead atoms. The Kier molecular flexibility index (Phi) is 5.46. The van der Waals surface area contributed by atoms with Gasteiger partial charge in [-0.2, -0.15) is 5.10 Å². The number of hydrazone groups is 1. The largest absolute Gasteiger partial charge is 0.396 e. The quantitative estimate of drug-likeness (QED) is 0.486. The van der Waals surface area contributed by atoms with Crippen molar-refractivity contribution in [3.63, 3.8) is 0 Å². The number of hydrogen-bond acceptors (Lipinski definition) is 4. The number of anilines is 1. The van der Waals surface area contributed by atoms with Gasteiger partial charge in [0.05, 0.1) is 16.9 Å². The molecule has 0 spiro atoms. The predicted octanol–water partition coefficient (Wildman–Crippen LogP) is 4.00. The topological polar surface area (TPSA) is 80.4 Å². The summed E-state index contributed by atoms with van der Waals surface area (Å²) in [5.41, 5.74) is 10.9. The number of carbonyl (C=O) groups excluding carboxylic acids is 1. The standard InChI is InChI=1S/C15H13Cl3N4O/c1-7-3-4-9(8(2)5-7)6-20-22-15(23)13-10(16)12(19)11(17)14(18)21-13/h3-6H,1-2H3,(H2,19,21)(H,22,23)/b20-6-. The van der Waals surface area contributed by atoms with E-state index in [1.54, 1.807) is 0 Å². The Morgan fingerprint density at radius 2 is 1.96 bits per heavy atom. The molecule has 0 saturated heterocycles. The lowest BCUT2D eigenvalue weighted by molar-refractivity contribution is 0.0950. The molecular formula is C15H13Cl3N4O. The van der Waals surface area contributed by atoms with E-state index in [0.29, 0.717) is 0 Å². The molecule has 0 aliphatic rings. The van der Waals surface area contributed by atoms with Crippen molar-refractivity contribution in [3.8, 4) is 0 Å². The van der Waals surface area contributed by atoms with Crippen LogP contribution in [0, 0.1) is 13.8 Å². The molecule has 0 atom stereocenters. The minimum absolute atomic E-state index is 0.00292. The fraction of sp³-hybridized carbons (Fsp3) is 0.133. The number of amides is 1. The number of nitrogens with one attached hydrogen (secondary N) is 1. The molecule has 120 valence electrons. The molecule has 0 radical (unpaired) electrons. The number of nitrogens with zero attached hydrogens (tertiary/aromatic N) is 2. The highest BCUT2D eigenvalue weighted by molar-refractivity contribution is 6.46. The van der Waals surface area contributed by atoms with Crippen LogP contribution in [-0.2, 0) is 0 Å². The molecular weight excluding hydrogens is 359 g/mol. The van der Waals surface area contributed by atoms with E-state index in [-0.39, 0.29) is 26.6 Å². The minimum atomic E-state index is -0.638. The summed E-state index contributed by atoms with van der Waals surface area (Å²) in [6.45, 7) is 3.95. The Morgan fingerprint density at radius 1 is 1.26 bits per heavy atom. The van der Waals surface area contributed by atoms with Crippen molar-refractivity contribution in [2.75, 3.05) is 5.73 Å². The summed E-state index contributed by atoms with van der Waals surface area (Å²) < 4.78 is 0. The van der Waals surface area contributed by atoms with Gasteiger partial charge in [-0.25, -0.2) is 10.4 Å². The normalized spacial score (nSPS) is 11.0. The number of hydrogen-bond donors (Lipinski definition) is 2. The van der Waals surface area contributed by atoms with Crippen molar-refractivity contribution >= 4 is 52.6 Å². The van der Waals surface area contributed by atoms with E-state index in [2.05, 4.69) is 15.5 Å². The summed E-state index contributed by atoms with van der Waals surface area (Å²) in [6.07, 6.45) is 1.53.